The van der Waals surface area contributed by atoms with Crippen LogP contribution in [0, 0.1) is 11.2 Å². The maximum atomic E-state index is 13.0. The van der Waals surface area contributed by atoms with Crippen molar-refractivity contribution in [2.45, 2.75) is 38.2 Å². The van der Waals surface area contributed by atoms with Crippen LogP contribution in [0.2, 0.25) is 0 Å². The number of carbonyl (C=O) groups is 1. The van der Waals surface area contributed by atoms with Crippen LogP contribution < -0.4 is 4.90 Å². The Kier molecular flexibility index (Phi) is 4.12. The van der Waals surface area contributed by atoms with E-state index >= 15 is 0 Å². The van der Waals surface area contributed by atoms with Crippen molar-refractivity contribution >= 4 is 11.9 Å². The molecule has 24 heavy (non-hydrogen) atoms. The van der Waals surface area contributed by atoms with Crippen LogP contribution in [-0.4, -0.2) is 59.7 Å². The van der Waals surface area contributed by atoms with Crippen LogP contribution in [0.4, 0.5) is 10.3 Å². The Balaban J connectivity index is 1.43. The van der Waals surface area contributed by atoms with E-state index in [1.165, 1.54) is 12.4 Å². The van der Waals surface area contributed by atoms with E-state index in [1.54, 1.807) is 0 Å². The van der Waals surface area contributed by atoms with E-state index in [-0.39, 0.29) is 17.4 Å². The molecule has 0 radical (unpaired) electrons. The molecule has 0 saturated carbocycles. The van der Waals surface area contributed by atoms with Gasteiger partial charge in [-0.1, -0.05) is 0 Å². The molecule has 130 valence electrons. The topological polar surface area (TPSA) is 58.6 Å². The minimum Gasteiger partial charge on any atom is -0.368 e. The number of hydrogen-bond acceptors (Lipinski definition) is 5. The van der Waals surface area contributed by atoms with E-state index in [0.717, 1.165) is 58.3 Å². The fourth-order valence-electron chi connectivity index (χ4n) is 4.28. The first-order valence-corrected chi connectivity index (χ1v) is 8.78. The highest BCUT2D eigenvalue weighted by atomic mass is 19.1. The Morgan fingerprint density at radius 3 is 2.79 bits per heavy atom. The van der Waals surface area contributed by atoms with Crippen LogP contribution in [0.3, 0.4) is 0 Å². The molecule has 1 amide bonds. The lowest BCUT2D eigenvalue weighted by Gasteiger charge is -2.40. The number of rotatable bonds is 2. The zero-order chi connectivity index (χ0) is 16.6. The fourth-order valence-corrected chi connectivity index (χ4v) is 4.28. The van der Waals surface area contributed by atoms with Crippen molar-refractivity contribution in [3.8, 4) is 0 Å². The van der Waals surface area contributed by atoms with Crippen molar-refractivity contribution in [3.05, 3.63) is 18.2 Å². The van der Waals surface area contributed by atoms with Crippen LogP contribution in [0.1, 0.15) is 32.1 Å². The highest BCUT2D eigenvalue weighted by molar-refractivity contribution is 5.81. The Morgan fingerprint density at radius 1 is 1.21 bits per heavy atom. The van der Waals surface area contributed by atoms with Crippen LogP contribution in [-0.2, 0) is 9.53 Å². The first-order chi connectivity index (χ1) is 11.7. The van der Waals surface area contributed by atoms with E-state index in [0.29, 0.717) is 12.6 Å². The molecule has 2 atom stereocenters. The highest BCUT2D eigenvalue weighted by Crippen LogP contribution is 2.40. The molecule has 3 aliphatic rings. The third-order valence-corrected chi connectivity index (χ3v) is 5.51. The maximum absolute atomic E-state index is 13.0. The molecular weight excluding hydrogens is 311 g/mol. The summed E-state index contributed by atoms with van der Waals surface area (Å²) >= 11 is 0. The van der Waals surface area contributed by atoms with Crippen molar-refractivity contribution in [1.82, 2.24) is 14.9 Å². The van der Waals surface area contributed by atoms with Crippen molar-refractivity contribution in [2.24, 2.45) is 5.41 Å². The number of likely N-dealkylation sites (tertiary alicyclic amines) is 1. The monoisotopic (exact) mass is 334 g/mol. The van der Waals surface area contributed by atoms with Crippen LogP contribution in [0.15, 0.2) is 12.4 Å². The molecule has 1 aromatic heterocycles. The molecule has 0 bridgehead atoms. The average Bonchev–Trinajstić information content (AvgIpc) is 3.26. The predicted molar refractivity (Wildman–Crippen MR) is 86.0 cm³/mol. The Bertz CT molecular complexity index is 605. The Labute approximate surface area is 141 Å². The van der Waals surface area contributed by atoms with Gasteiger partial charge in [0.15, 0.2) is 5.82 Å². The molecule has 0 N–H and O–H groups in total. The lowest BCUT2D eigenvalue weighted by Crippen LogP contribution is -2.47. The summed E-state index contributed by atoms with van der Waals surface area (Å²) in [5, 5.41) is 0. The first-order valence-electron chi connectivity index (χ1n) is 8.78. The molecule has 3 fully saturated rings. The van der Waals surface area contributed by atoms with E-state index in [9.17, 15) is 9.18 Å². The molecule has 1 spiro atoms. The van der Waals surface area contributed by atoms with E-state index < -0.39 is 5.82 Å². The van der Waals surface area contributed by atoms with Gasteiger partial charge >= 0.3 is 0 Å². The summed E-state index contributed by atoms with van der Waals surface area (Å²) < 4.78 is 18.6. The highest BCUT2D eigenvalue weighted by Gasteiger charge is 2.44. The van der Waals surface area contributed by atoms with Crippen molar-refractivity contribution in [3.63, 3.8) is 0 Å². The minimum atomic E-state index is -0.417. The summed E-state index contributed by atoms with van der Waals surface area (Å²) in [4.78, 5) is 24.9. The fraction of sp³-hybridized carbons (Fsp3) is 0.706. The quantitative estimate of drug-likeness (QED) is 0.822. The SMILES string of the molecule is O=C([C@@H]1CCCO1)N1CCC2(CCCN(c3ncc(F)cn3)C2)C1. The zero-order valence-electron chi connectivity index (χ0n) is 13.8. The van der Waals surface area contributed by atoms with Gasteiger partial charge in [0, 0.05) is 38.2 Å². The third-order valence-electron chi connectivity index (χ3n) is 5.51. The molecular formula is C17H23FN4O2. The van der Waals surface area contributed by atoms with Gasteiger partial charge in [0.05, 0.1) is 12.4 Å². The summed E-state index contributed by atoms with van der Waals surface area (Å²) in [6.07, 6.45) is 7.17. The number of hydrogen-bond donors (Lipinski definition) is 0. The summed E-state index contributed by atoms with van der Waals surface area (Å²) in [5.74, 6) is 0.318. The van der Waals surface area contributed by atoms with Gasteiger partial charge in [-0.15, -0.1) is 0 Å². The summed E-state index contributed by atoms with van der Waals surface area (Å²) in [7, 11) is 0. The summed E-state index contributed by atoms with van der Waals surface area (Å²) in [6, 6.07) is 0. The number of aromatic nitrogens is 2. The largest absolute Gasteiger partial charge is 0.368 e. The minimum absolute atomic E-state index is 0.101. The second-order valence-corrected chi connectivity index (χ2v) is 7.24. The van der Waals surface area contributed by atoms with Gasteiger partial charge in [-0.05, 0) is 32.1 Å². The van der Waals surface area contributed by atoms with Gasteiger partial charge in [-0.3, -0.25) is 4.79 Å². The molecule has 3 aliphatic heterocycles. The molecule has 7 heteroatoms. The van der Waals surface area contributed by atoms with Crippen molar-refractivity contribution in [1.29, 1.82) is 0 Å². The Hall–Kier alpha value is -1.76. The smallest absolute Gasteiger partial charge is 0.251 e. The van der Waals surface area contributed by atoms with Gasteiger partial charge in [0.2, 0.25) is 5.95 Å². The number of nitrogens with zero attached hydrogens (tertiary/aromatic N) is 4. The summed E-state index contributed by atoms with van der Waals surface area (Å²) in [5.41, 5.74) is 0.101. The average molecular weight is 334 g/mol. The second-order valence-electron chi connectivity index (χ2n) is 7.24. The first kappa shape index (κ1) is 15.7. The van der Waals surface area contributed by atoms with E-state index in [2.05, 4.69) is 14.9 Å². The van der Waals surface area contributed by atoms with Crippen LogP contribution >= 0.6 is 0 Å². The van der Waals surface area contributed by atoms with Crippen molar-refractivity contribution in [2.75, 3.05) is 37.7 Å². The van der Waals surface area contributed by atoms with Gasteiger partial charge in [0.1, 0.15) is 6.10 Å². The number of piperidine rings is 1. The van der Waals surface area contributed by atoms with Gasteiger partial charge < -0.3 is 14.5 Å². The molecule has 4 heterocycles. The van der Waals surface area contributed by atoms with Gasteiger partial charge in [0.25, 0.3) is 5.91 Å². The van der Waals surface area contributed by atoms with Crippen LogP contribution in [0.5, 0.6) is 0 Å². The van der Waals surface area contributed by atoms with Gasteiger partial charge in [-0.2, -0.15) is 0 Å². The van der Waals surface area contributed by atoms with Crippen LogP contribution in [0.25, 0.3) is 0 Å². The normalized spacial score (nSPS) is 30.3. The van der Waals surface area contributed by atoms with Crippen molar-refractivity contribution < 1.29 is 13.9 Å². The maximum Gasteiger partial charge on any atom is 0.251 e. The zero-order valence-corrected chi connectivity index (χ0v) is 13.8. The standard InChI is InChI=1S/C17H23FN4O2/c18-13-9-19-16(20-10-13)22-6-2-4-17(12-22)5-7-21(11-17)15(23)14-3-1-8-24-14/h9-10,14H,1-8,11-12H2/t14-,17?/m0/s1. The summed E-state index contributed by atoms with van der Waals surface area (Å²) in [6.45, 7) is 3.99. The van der Waals surface area contributed by atoms with E-state index in [4.69, 9.17) is 4.74 Å². The molecule has 1 aromatic rings. The molecule has 0 aromatic carbocycles. The second kappa shape index (κ2) is 6.27. The number of ether oxygens (including phenoxy) is 1. The lowest BCUT2D eigenvalue weighted by atomic mass is 9.79. The molecule has 6 nitrogen and oxygen atoms in total. The molecule has 3 saturated heterocycles. The number of anilines is 1. The number of carbonyl (C=O) groups excluding carboxylic acids is 1. The molecule has 1 unspecified atom stereocenters. The number of halogens is 1. The third kappa shape index (κ3) is 2.97. The lowest BCUT2D eigenvalue weighted by molar-refractivity contribution is -0.140. The van der Waals surface area contributed by atoms with Gasteiger partial charge in [-0.25, -0.2) is 14.4 Å². The number of amides is 1. The predicted octanol–water partition coefficient (Wildman–Crippen LogP) is 1.61. The molecule has 0 aliphatic carbocycles. The Morgan fingerprint density at radius 2 is 2.04 bits per heavy atom. The molecule has 4 rings (SSSR count). The van der Waals surface area contributed by atoms with E-state index in [1.807, 2.05) is 4.90 Å².